The summed E-state index contributed by atoms with van der Waals surface area (Å²) in [5.74, 6) is 0.816. The molecule has 0 aliphatic heterocycles. The molecule has 1 heteroatoms. The molecule has 76 valence electrons. The van der Waals surface area contributed by atoms with Gasteiger partial charge in [-0.25, -0.2) is 0 Å². The molecule has 2 rings (SSSR count). The smallest absolute Gasteiger partial charge is 0.00694 e. The van der Waals surface area contributed by atoms with Crippen molar-refractivity contribution in [2.24, 2.45) is 0 Å². The van der Waals surface area contributed by atoms with Crippen LogP contribution in [0.3, 0.4) is 0 Å². The third-order valence-corrected chi connectivity index (χ3v) is 3.80. The Morgan fingerprint density at radius 2 is 1.86 bits per heavy atom. The molecule has 1 fully saturated rings. The van der Waals surface area contributed by atoms with Crippen LogP contribution in [0.5, 0.6) is 0 Å². The van der Waals surface area contributed by atoms with E-state index in [-0.39, 0.29) is 0 Å². The summed E-state index contributed by atoms with van der Waals surface area (Å²) < 4.78 is 0. The third-order valence-electron chi connectivity index (χ3n) is 3.30. The minimum absolute atomic E-state index is 0.816. The maximum absolute atomic E-state index is 4.41. The molecule has 0 spiro atoms. The van der Waals surface area contributed by atoms with Crippen molar-refractivity contribution < 1.29 is 0 Å². The van der Waals surface area contributed by atoms with Gasteiger partial charge in [0.05, 0.1) is 0 Å². The average molecular weight is 206 g/mol. The number of rotatable bonds is 1. The molecule has 1 aromatic rings. The monoisotopic (exact) mass is 206 g/mol. The van der Waals surface area contributed by atoms with Crippen molar-refractivity contribution in [3.8, 4) is 0 Å². The fourth-order valence-electron chi connectivity index (χ4n) is 2.37. The van der Waals surface area contributed by atoms with Gasteiger partial charge in [-0.1, -0.05) is 31.4 Å². The molecular formula is C13H18S. The lowest BCUT2D eigenvalue weighted by atomic mass is 9.84. The minimum atomic E-state index is 0.816. The fourth-order valence-corrected chi connectivity index (χ4v) is 2.51. The molecule has 0 N–H and O–H groups in total. The van der Waals surface area contributed by atoms with Crippen molar-refractivity contribution in [3.05, 3.63) is 29.3 Å². The Bertz CT molecular complexity index is 311. The first-order valence-corrected chi connectivity index (χ1v) is 6.01. The van der Waals surface area contributed by atoms with E-state index in [2.05, 4.69) is 37.8 Å². The number of thiol groups is 1. The maximum Gasteiger partial charge on any atom is 0.00694 e. The van der Waals surface area contributed by atoms with E-state index < -0.39 is 0 Å². The summed E-state index contributed by atoms with van der Waals surface area (Å²) in [6, 6.07) is 6.71. The van der Waals surface area contributed by atoms with Gasteiger partial charge in [-0.2, -0.15) is 0 Å². The molecular weight excluding hydrogens is 188 g/mol. The van der Waals surface area contributed by atoms with Crippen LogP contribution in [0.2, 0.25) is 0 Å². The van der Waals surface area contributed by atoms with Crippen molar-refractivity contribution in [1.29, 1.82) is 0 Å². The number of hydrogen-bond acceptors (Lipinski definition) is 1. The lowest BCUT2D eigenvalue weighted by Crippen LogP contribution is -2.04. The van der Waals surface area contributed by atoms with Gasteiger partial charge in [0.15, 0.2) is 0 Å². The van der Waals surface area contributed by atoms with Crippen LogP contribution in [0.25, 0.3) is 0 Å². The maximum atomic E-state index is 4.41. The second-order valence-corrected chi connectivity index (χ2v) is 4.86. The van der Waals surface area contributed by atoms with Gasteiger partial charge in [0.25, 0.3) is 0 Å². The second kappa shape index (κ2) is 4.39. The van der Waals surface area contributed by atoms with E-state index in [0.717, 1.165) is 10.8 Å². The van der Waals surface area contributed by atoms with Crippen LogP contribution in [-0.4, -0.2) is 0 Å². The van der Waals surface area contributed by atoms with E-state index in [9.17, 15) is 0 Å². The Morgan fingerprint density at radius 1 is 1.14 bits per heavy atom. The van der Waals surface area contributed by atoms with Gasteiger partial charge < -0.3 is 0 Å². The predicted molar refractivity (Wildman–Crippen MR) is 64.3 cm³/mol. The van der Waals surface area contributed by atoms with Crippen LogP contribution in [0.15, 0.2) is 23.1 Å². The first-order valence-electron chi connectivity index (χ1n) is 5.57. The number of hydrogen-bond donors (Lipinski definition) is 1. The highest BCUT2D eigenvalue weighted by Gasteiger charge is 2.15. The van der Waals surface area contributed by atoms with Crippen LogP contribution in [-0.2, 0) is 0 Å². The van der Waals surface area contributed by atoms with E-state index in [1.807, 2.05) is 0 Å². The predicted octanol–water partition coefficient (Wildman–Crippen LogP) is 4.33. The van der Waals surface area contributed by atoms with Crippen molar-refractivity contribution in [1.82, 2.24) is 0 Å². The van der Waals surface area contributed by atoms with Gasteiger partial charge in [0.2, 0.25) is 0 Å². The standard InChI is InChI=1S/C13H18S/c1-10-9-12(7-8-13(10)14)11-5-3-2-4-6-11/h7-9,11,14H,2-6H2,1H3. The van der Waals surface area contributed by atoms with E-state index in [1.54, 1.807) is 0 Å². The normalized spacial score (nSPS) is 18.4. The first kappa shape index (κ1) is 10.1. The molecule has 0 bridgehead atoms. The minimum Gasteiger partial charge on any atom is -0.143 e. The highest BCUT2D eigenvalue weighted by atomic mass is 32.1. The van der Waals surface area contributed by atoms with Gasteiger partial charge in [-0.05, 0) is 42.9 Å². The molecule has 0 nitrogen and oxygen atoms in total. The van der Waals surface area contributed by atoms with Crippen molar-refractivity contribution in [3.63, 3.8) is 0 Å². The van der Waals surface area contributed by atoms with Gasteiger partial charge in [0, 0.05) is 4.90 Å². The Hall–Kier alpha value is -0.430. The van der Waals surface area contributed by atoms with E-state index in [1.165, 1.54) is 43.2 Å². The Kier molecular flexibility index (Phi) is 3.17. The molecule has 0 saturated heterocycles. The van der Waals surface area contributed by atoms with Crippen molar-refractivity contribution in [2.75, 3.05) is 0 Å². The molecule has 1 aromatic carbocycles. The molecule has 1 aliphatic carbocycles. The van der Waals surface area contributed by atoms with E-state index in [4.69, 9.17) is 0 Å². The Balaban J connectivity index is 2.18. The summed E-state index contributed by atoms with van der Waals surface area (Å²) >= 11 is 4.41. The van der Waals surface area contributed by atoms with Crippen LogP contribution in [0, 0.1) is 6.92 Å². The van der Waals surface area contributed by atoms with Gasteiger partial charge in [0.1, 0.15) is 0 Å². The molecule has 1 aliphatic rings. The molecule has 0 heterocycles. The van der Waals surface area contributed by atoms with Gasteiger partial charge in [-0.15, -0.1) is 12.6 Å². The highest BCUT2D eigenvalue weighted by Crippen LogP contribution is 2.33. The molecule has 0 unspecified atom stereocenters. The third kappa shape index (κ3) is 2.14. The zero-order valence-corrected chi connectivity index (χ0v) is 9.69. The number of benzene rings is 1. The average Bonchev–Trinajstić information content (AvgIpc) is 2.23. The van der Waals surface area contributed by atoms with Gasteiger partial charge >= 0.3 is 0 Å². The largest absolute Gasteiger partial charge is 0.143 e. The number of aryl methyl sites for hydroxylation is 1. The summed E-state index contributed by atoms with van der Waals surface area (Å²) in [6.45, 7) is 2.15. The molecule has 1 saturated carbocycles. The second-order valence-electron chi connectivity index (χ2n) is 4.38. The topological polar surface area (TPSA) is 0 Å². The highest BCUT2D eigenvalue weighted by molar-refractivity contribution is 7.80. The SMILES string of the molecule is Cc1cc(C2CCCCC2)ccc1S. The molecule has 0 atom stereocenters. The molecule has 14 heavy (non-hydrogen) atoms. The summed E-state index contributed by atoms with van der Waals surface area (Å²) in [7, 11) is 0. The van der Waals surface area contributed by atoms with Gasteiger partial charge in [-0.3, -0.25) is 0 Å². The summed E-state index contributed by atoms with van der Waals surface area (Å²) in [4.78, 5) is 1.12. The fraction of sp³-hybridized carbons (Fsp3) is 0.538. The van der Waals surface area contributed by atoms with Crippen molar-refractivity contribution >= 4 is 12.6 Å². The van der Waals surface area contributed by atoms with E-state index in [0.29, 0.717) is 0 Å². The van der Waals surface area contributed by atoms with Crippen LogP contribution in [0.1, 0.15) is 49.1 Å². The summed E-state index contributed by atoms with van der Waals surface area (Å²) in [5, 5.41) is 0. The zero-order chi connectivity index (χ0) is 9.97. The Labute approximate surface area is 92.1 Å². The van der Waals surface area contributed by atoms with Crippen LogP contribution < -0.4 is 0 Å². The zero-order valence-electron chi connectivity index (χ0n) is 8.79. The first-order chi connectivity index (χ1) is 6.77. The lowest BCUT2D eigenvalue weighted by molar-refractivity contribution is 0.443. The quantitative estimate of drug-likeness (QED) is 0.650. The lowest BCUT2D eigenvalue weighted by Gasteiger charge is -2.22. The molecule has 0 aromatic heterocycles. The van der Waals surface area contributed by atoms with Crippen LogP contribution >= 0.6 is 12.6 Å². The Morgan fingerprint density at radius 3 is 2.50 bits per heavy atom. The summed E-state index contributed by atoms with van der Waals surface area (Å²) in [6.07, 6.45) is 7.01. The van der Waals surface area contributed by atoms with Crippen LogP contribution in [0.4, 0.5) is 0 Å². The molecule has 0 amide bonds. The van der Waals surface area contributed by atoms with Crippen molar-refractivity contribution in [2.45, 2.75) is 49.8 Å². The molecule has 0 radical (unpaired) electrons. The van der Waals surface area contributed by atoms with E-state index >= 15 is 0 Å². The summed E-state index contributed by atoms with van der Waals surface area (Å²) in [5.41, 5.74) is 2.84.